The molecule has 2 heterocycles. The fourth-order valence-corrected chi connectivity index (χ4v) is 5.02. The van der Waals surface area contributed by atoms with Crippen LogP contribution < -0.4 is 4.74 Å². The van der Waals surface area contributed by atoms with E-state index < -0.39 is 0 Å². The van der Waals surface area contributed by atoms with Crippen LogP contribution in [0, 0.1) is 5.92 Å². The zero-order valence-corrected chi connectivity index (χ0v) is 18.9. The minimum atomic E-state index is -0.0179. The Morgan fingerprint density at radius 3 is 2.67 bits per heavy atom. The van der Waals surface area contributed by atoms with Gasteiger partial charge in [0.2, 0.25) is 0 Å². The number of fused-ring (bicyclic) bond motifs is 1. The summed E-state index contributed by atoms with van der Waals surface area (Å²) in [6.45, 7) is 1.52. The first-order valence-electron chi connectivity index (χ1n) is 11.6. The Morgan fingerprint density at radius 2 is 1.94 bits per heavy atom. The summed E-state index contributed by atoms with van der Waals surface area (Å²) in [6, 6.07) is 13.6. The van der Waals surface area contributed by atoms with E-state index in [9.17, 15) is 4.79 Å². The van der Waals surface area contributed by atoms with Gasteiger partial charge in [0.15, 0.2) is 0 Å². The highest BCUT2D eigenvalue weighted by Gasteiger charge is 2.27. The molecule has 1 aromatic heterocycles. The quantitative estimate of drug-likeness (QED) is 0.589. The van der Waals surface area contributed by atoms with Gasteiger partial charge in [-0.05, 0) is 71.1 Å². The Labute approximate surface area is 193 Å². The van der Waals surface area contributed by atoms with Crippen LogP contribution in [0.25, 0.3) is 5.69 Å². The van der Waals surface area contributed by atoms with Crippen molar-refractivity contribution >= 4 is 5.91 Å². The molecule has 0 spiro atoms. The summed E-state index contributed by atoms with van der Waals surface area (Å²) in [5, 5.41) is 11.2. The molecule has 1 aliphatic carbocycles. The lowest BCUT2D eigenvalue weighted by atomic mass is 9.82. The Hall–Kier alpha value is -3.26. The summed E-state index contributed by atoms with van der Waals surface area (Å²) in [7, 11) is 1.80. The van der Waals surface area contributed by atoms with Crippen LogP contribution in [0.15, 0.2) is 48.8 Å². The maximum absolute atomic E-state index is 13.3. The number of carbonyl (C=O) groups excluding carboxylic acids is 1. The van der Waals surface area contributed by atoms with Crippen molar-refractivity contribution < 1.29 is 14.3 Å². The van der Waals surface area contributed by atoms with Crippen molar-refractivity contribution in [2.75, 3.05) is 20.3 Å². The van der Waals surface area contributed by atoms with Gasteiger partial charge >= 0.3 is 0 Å². The van der Waals surface area contributed by atoms with Crippen molar-refractivity contribution in [2.24, 2.45) is 5.92 Å². The first-order valence-corrected chi connectivity index (χ1v) is 11.6. The van der Waals surface area contributed by atoms with Crippen LogP contribution in [0.4, 0.5) is 0 Å². The lowest BCUT2D eigenvalue weighted by Crippen LogP contribution is -2.32. The number of ether oxygens (including phenoxy) is 2. The number of nitrogens with zero attached hydrogens (tertiary/aromatic N) is 5. The fourth-order valence-electron chi connectivity index (χ4n) is 5.02. The van der Waals surface area contributed by atoms with Crippen molar-refractivity contribution in [3.8, 4) is 11.4 Å². The molecule has 8 nitrogen and oxygen atoms in total. The molecule has 1 atom stereocenters. The predicted molar refractivity (Wildman–Crippen MR) is 122 cm³/mol. The number of carbonyl (C=O) groups is 1. The molecule has 172 valence electrons. The first-order chi connectivity index (χ1) is 16.2. The second kappa shape index (κ2) is 9.70. The highest BCUT2D eigenvalue weighted by Crippen LogP contribution is 2.38. The van der Waals surface area contributed by atoms with E-state index >= 15 is 0 Å². The van der Waals surface area contributed by atoms with Crippen LogP contribution in [-0.2, 0) is 11.3 Å². The van der Waals surface area contributed by atoms with Crippen molar-refractivity contribution in [3.05, 3.63) is 65.5 Å². The summed E-state index contributed by atoms with van der Waals surface area (Å²) < 4.78 is 13.5. The Balaban J connectivity index is 1.35. The van der Waals surface area contributed by atoms with Gasteiger partial charge in [-0.3, -0.25) is 4.79 Å². The summed E-state index contributed by atoms with van der Waals surface area (Å²) in [4.78, 5) is 15.1. The number of methoxy groups -OCH3 is 1. The summed E-state index contributed by atoms with van der Waals surface area (Å²) in [5.41, 5.74) is 3.64. The van der Waals surface area contributed by atoms with E-state index in [1.165, 1.54) is 44.0 Å². The fraction of sp³-hybridized carbons (Fsp3) is 0.440. The molecule has 3 aromatic rings. The average Bonchev–Trinajstić information content (AvgIpc) is 3.32. The molecule has 0 saturated heterocycles. The van der Waals surface area contributed by atoms with Gasteiger partial charge in [-0.25, -0.2) is 4.68 Å². The number of benzene rings is 2. The highest BCUT2D eigenvalue weighted by atomic mass is 16.5. The first kappa shape index (κ1) is 21.6. The predicted octanol–water partition coefficient (Wildman–Crippen LogP) is 3.96. The molecule has 1 fully saturated rings. The standard InChI is InChI=1S/C25H29N5O3/c1-32-24(18-5-3-2-4-6-18)20-9-12-23-21(15-20)16-29(13-14-33-23)25(31)19-7-10-22(11-8-19)30-17-26-27-28-30/h7-12,15,17-18,24H,2-6,13-14,16H2,1H3/t24-/m1/s1. The van der Waals surface area contributed by atoms with Crippen LogP contribution in [0.2, 0.25) is 0 Å². The van der Waals surface area contributed by atoms with E-state index in [1.807, 2.05) is 35.2 Å². The molecular weight excluding hydrogens is 418 g/mol. The minimum absolute atomic E-state index is 0.0179. The van der Waals surface area contributed by atoms with Crippen molar-refractivity contribution in [2.45, 2.75) is 44.8 Å². The van der Waals surface area contributed by atoms with E-state index in [1.54, 1.807) is 11.8 Å². The molecule has 0 unspecified atom stereocenters. The molecule has 0 bridgehead atoms. The van der Waals surface area contributed by atoms with Gasteiger partial charge in [0, 0.05) is 24.8 Å². The number of tetrazole rings is 1. The molecule has 0 N–H and O–H groups in total. The summed E-state index contributed by atoms with van der Waals surface area (Å²) >= 11 is 0. The third-order valence-electron chi connectivity index (χ3n) is 6.74. The molecular formula is C25H29N5O3. The van der Waals surface area contributed by atoms with Crippen LogP contribution in [0.3, 0.4) is 0 Å². The molecule has 8 heteroatoms. The molecule has 0 radical (unpaired) electrons. The monoisotopic (exact) mass is 447 g/mol. The maximum atomic E-state index is 13.3. The van der Waals surface area contributed by atoms with E-state index in [0.717, 1.165) is 17.0 Å². The van der Waals surface area contributed by atoms with E-state index in [0.29, 0.717) is 31.2 Å². The van der Waals surface area contributed by atoms with Gasteiger partial charge in [0.25, 0.3) is 5.91 Å². The summed E-state index contributed by atoms with van der Waals surface area (Å²) in [5.74, 6) is 1.38. The molecule has 1 saturated carbocycles. The van der Waals surface area contributed by atoms with E-state index in [4.69, 9.17) is 9.47 Å². The number of aromatic nitrogens is 4. The normalized spacial score (nSPS) is 17.7. The number of amides is 1. The Kier molecular flexibility index (Phi) is 6.35. The molecule has 1 aliphatic heterocycles. The summed E-state index contributed by atoms with van der Waals surface area (Å²) in [6.07, 6.45) is 7.88. The molecule has 2 aromatic carbocycles. The molecule has 5 rings (SSSR count). The average molecular weight is 448 g/mol. The largest absolute Gasteiger partial charge is 0.491 e. The number of hydrogen-bond acceptors (Lipinski definition) is 6. The van der Waals surface area contributed by atoms with Crippen LogP contribution in [-0.4, -0.2) is 51.3 Å². The van der Waals surface area contributed by atoms with Crippen molar-refractivity contribution in [1.82, 2.24) is 25.1 Å². The smallest absolute Gasteiger partial charge is 0.254 e. The second-order valence-corrected chi connectivity index (χ2v) is 8.80. The van der Waals surface area contributed by atoms with Gasteiger partial charge in [0.1, 0.15) is 18.7 Å². The van der Waals surface area contributed by atoms with E-state index in [-0.39, 0.29) is 12.0 Å². The Morgan fingerprint density at radius 1 is 1.12 bits per heavy atom. The van der Waals surface area contributed by atoms with Crippen molar-refractivity contribution in [3.63, 3.8) is 0 Å². The lowest BCUT2D eigenvalue weighted by molar-refractivity contribution is 0.0353. The van der Waals surface area contributed by atoms with Gasteiger partial charge in [0.05, 0.1) is 18.3 Å². The second-order valence-electron chi connectivity index (χ2n) is 8.80. The van der Waals surface area contributed by atoms with Crippen LogP contribution in [0.5, 0.6) is 5.75 Å². The van der Waals surface area contributed by atoms with Gasteiger partial charge < -0.3 is 14.4 Å². The zero-order chi connectivity index (χ0) is 22.6. The molecule has 1 amide bonds. The zero-order valence-electron chi connectivity index (χ0n) is 18.9. The molecule has 2 aliphatic rings. The Bertz CT molecular complexity index is 1080. The molecule has 33 heavy (non-hydrogen) atoms. The third kappa shape index (κ3) is 4.61. The highest BCUT2D eigenvalue weighted by molar-refractivity contribution is 5.94. The van der Waals surface area contributed by atoms with Gasteiger partial charge in [-0.2, -0.15) is 0 Å². The van der Waals surface area contributed by atoms with Crippen LogP contribution >= 0.6 is 0 Å². The maximum Gasteiger partial charge on any atom is 0.254 e. The SMILES string of the molecule is CO[C@@H](c1ccc2c(c1)CN(C(=O)c1ccc(-n3cnnn3)cc1)CCO2)C1CCCCC1. The lowest BCUT2D eigenvalue weighted by Gasteiger charge is -2.30. The number of rotatable bonds is 5. The van der Waals surface area contributed by atoms with Gasteiger partial charge in [-0.15, -0.1) is 5.10 Å². The topological polar surface area (TPSA) is 82.4 Å². The van der Waals surface area contributed by atoms with Gasteiger partial charge in [-0.1, -0.05) is 25.3 Å². The third-order valence-corrected chi connectivity index (χ3v) is 6.74. The van der Waals surface area contributed by atoms with Crippen molar-refractivity contribution in [1.29, 1.82) is 0 Å². The number of hydrogen-bond donors (Lipinski definition) is 0. The minimum Gasteiger partial charge on any atom is -0.491 e. The van der Waals surface area contributed by atoms with E-state index in [2.05, 4.69) is 27.7 Å². The van der Waals surface area contributed by atoms with Crippen LogP contribution in [0.1, 0.15) is 59.7 Å².